The third kappa shape index (κ3) is 7.46. The van der Waals surface area contributed by atoms with E-state index in [9.17, 15) is 23.3 Å². The number of carbonyl (C=O) groups excluding carboxylic acids is 1. The number of non-ortho nitro benzene ring substituents is 1. The molecule has 2 aliphatic rings. The van der Waals surface area contributed by atoms with Gasteiger partial charge in [-0.3, -0.25) is 20.0 Å². The minimum atomic E-state index is -3.89. The molecule has 8 rings (SSSR count). The molecular weight excluding hydrogens is 687 g/mol. The number of aryl methyl sites for hydroxylation is 3. The number of benzene rings is 5. The van der Waals surface area contributed by atoms with E-state index in [-0.39, 0.29) is 45.3 Å². The normalized spacial score (nSPS) is 14.0. The Balaban J connectivity index is 0.000000200. The van der Waals surface area contributed by atoms with Gasteiger partial charge in [0.15, 0.2) is 0 Å². The largest absolute Gasteiger partial charge is 0.461 e. The van der Waals surface area contributed by atoms with E-state index in [0.717, 1.165) is 11.0 Å². The van der Waals surface area contributed by atoms with Crippen molar-refractivity contribution < 1.29 is 22.9 Å². The summed E-state index contributed by atoms with van der Waals surface area (Å²) in [5.74, 6) is -0.741. The molecular formula is C43H39N3O6S. The van der Waals surface area contributed by atoms with Crippen LogP contribution in [0.2, 0.25) is 0 Å². The summed E-state index contributed by atoms with van der Waals surface area (Å²) in [5, 5.41) is 18.0. The second-order valence-corrected chi connectivity index (χ2v) is 15.2. The number of nitro groups is 1. The molecule has 0 unspecified atom stereocenters. The maximum atomic E-state index is 13.2. The maximum Gasteiger partial charge on any atom is 0.340 e. The number of hydrogen-bond donors (Lipinski definition) is 0. The van der Waals surface area contributed by atoms with Crippen molar-refractivity contribution in [3.8, 4) is 11.1 Å². The van der Waals surface area contributed by atoms with Crippen molar-refractivity contribution in [1.82, 2.24) is 9.88 Å². The molecule has 0 radical (unpaired) electrons. The smallest absolute Gasteiger partial charge is 0.340 e. The van der Waals surface area contributed by atoms with Crippen LogP contribution in [-0.2, 0) is 34.0 Å². The van der Waals surface area contributed by atoms with Crippen LogP contribution < -0.4 is 0 Å². The van der Waals surface area contributed by atoms with Gasteiger partial charge in [0.25, 0.3) is 5.69 Å². The lowest BCUT2D eigenvalue weighted by Crippen LogP contribution is -2.24. The highest BCUT2D eigenvalue weighted by molar-refractivity contribution is 7.95. The van der Waals surface area contributed by atoms with Crippen LogP contribution in [0.1, 0.15) is 51.3 Å². The van der Waals surface area contributed by atoms with E-state index in [1.165, 1.54) is 77.6 Å². The lowest BCUT2D eigenvalue weighted by atomic mass is 9.86. The minimum absolute atomic E-state index is 0.0257. The van der Waals surface area contributed by atoms with Crippen molar-refractivity contribution in [2.75, 3.05) is 20.2 Å². The molecule has 0 N–H and O–H groups in total. The van der Waals surface area contributed by atoms with Crippen LogP contribution in [0.3, 0.4) is 0 Å². The Kier molecular flexibility index (Phi) is 10.2. The van der Waals surface area contributed by atoms with Gasteiger partial charge in [-0.2, -0.15) is 0 Å². The van der Waals surface area contributed by atoms with Gasteiger partial charge in [0.1, 0.15) is 11.5 Å². The van der Waals surface area contributed by atoms with E-state index < -0.39 is 20.7 Å². The molecule has 0 fully saturated rings. The fourth-order valence-corrected chi connectivity index (χ4v) is 8.67. The summed E-state index contributed by atoms with van der Waals surface area (Å²) < 4.78 is 31.1. The zero-order chi connectivity index (χ0) is 37.1. The van der Waals surface area contributed by atoms with Gasteiger partial charge >= 0.3 is 5.97 Å². The van der Waals surface area contributed by atoms with E-state index >= 15 is 0 Å². The van der Waals surface area contributed by atoms with Crippen LogP contribution in [0, 0.1) is 17.0 Å². The van der Waals surface area contributed by atoms with Crippen LogP contribution in [0.4, 0.5) is 5.69 Å². The summed E-state index contributed by atoms with van der Waals surface area (Å²) in [4.78, 5) is 30.1. The average molecular weight is 726 g/mol. The third-order valence-electron chi connectivity index (χ3n) is 9.86. The predicted molar refractivity (Wildman–Crippen MR) is 208 cm³/mol. The van der Waals surface area contributed by atoms with Crippen LogP contribution in [0.25, 0.3) is 38.7 Å². The topological polar surface area (TPSA) is 120 Å². The zero-order valence-electron chi connectivity index (χ0n) is 29.6. The molecule has 1 aromatic heterocycles. The number of nitrogens with zero attached hydrogens (tertiary/aromatic N) is 3. The fraction of sp³-hybridized carbons (Fsp3) is 0.209. The van der Waals surface area contributed by atoms with Gasteiger partial charge in [-0.05, 0) is 89.5 Å². The number of fused-ring (bicyclic) bond motifs is 6. The van der Waals surface area contributed by atoms with E-state index in [4.69, 9.17) is 4.74 Å². The van der Waals surface area contributed by atoms with E-state index in [1.807, 2.05) is 42.3 Å². The molecule has 0 amide bonds. The molecule has 1 aliphatic carbocycles. The average Bonchev–Trinajstić information content (AvgIpc) is 3.47. The maximum absolute atomic E-state index is 13.2. The molecule has 6 aromatic rings. The van der Waals surface area contributed by atoms with Crippen molar-refractivity contribution in [3.63, 3.8) is 0 Å². The number of esters is 1. The molecule has 0 saturated heterocycles. The molecule has 0 bridgehead atoms. The van der Waals surface area contributed by atoms with Crippen LogP contribution in [0.5, 0.6) is 0 Å². The van der Waals surface area contributed by atoms with E-state index in [2.05, 4.69) is 53.5 Å². The Morgan fingerprint density at radius 3 is 2.45 bits per heavy atom. The molecule has 9 nitrogen and oxygen atoms in total. The monoisotopic (exact) mass is 725 g/mol. The number of nitro benzene ring substituents is 1. The van der Waals surface area contributed by atoms with Crippen LogP contribution in [0.15, 0.2) is 113 Å². The summed E-state index contributed by atoms with van der Waals surface area (Å²) in [6.07, 6.45) is 6.57. The SMILES string of the molecule is Cc1nc2c(c(-c3cccc([N+](=O)[O-])c3)c1C(=O)OCCN(C)Cc1ccccc1)S(=O)(=O)C=C2.c1ccc2c(c1)ccc1c3c(ccc12)CCCC3. The molecule has 2 heterocycles. The Bertz CT molecular complexity index is 2510. The number of likely N-dealkylation sites (N-methyl/N-ethyl adjacent to an activating group) is 1. The first-order chi connectivity index (χ1) is 25.6. The number of pyridine rings is 1. The molecule has 10 heteroatoms. The first-order valence-corrected chi connectivity index (χ1v) is 19.2. The molecule has 268 valence electrons. The van der Waals surface area contributed by atoms with Gasteiger partial charge in [0.2, 0.25) is 9.84 Å². The van der Waals surface area contributed by atoms with Gasteiger partial charge in [0, 0.05) is 36.2 Å². The highest BCUT2D eigenvalue weighted by atomic mass is 32.2. The van der Waals surface area contributed by atoms with Gasteiger partial charge in [0.05, 0.1) is 21.9 Å². The van der Waals surface area contributed by atoms with E-state index in [1.54, 1.807) is 18.1 Å². The Hall–Kier alpha value is -5.71. The fourth-order valence-electron chi connectivity index (χ4n) is 7.32. The number of sulfone groups is 1. The Labute approximate surface area is 308 Å². The first kappa shape index (κ1) is 35.7. The van der Waals surface area contributed by atoms with Crippen LogP contribution in [-0.4, -0.2) is 49.4 Å². The summed E-state index contributed by atoms with van der Waals surface area (Å²) in [7, 11) is -1.99. The second-order valence-electron chi connectivity index (χ2n) is 13.5. The Morgan fingerprint density at radius 2 is 1.64 bits per heavy atom. The lowest BCUT2D eigenvalue weighted by molar-refractivity contribution is -0.384. The molecule has 0 spiro atoms. The summed E-state index contributed by atoms with van der Waals surface area (Å²) in [6, 6.07) is 33.3. The lowest BCUT2D eigenvalue weighted by Gasteiger charge is -2.18. The molecule has 5 aromatic carbocycles. The summed E-state index contributed by atoms with van der Waals surface area (Å²) in [6.45, 7) is 2.76. The Morgan fingerprint density at radius 1 is 0.887 bits per heavy atom. The van der Waals surface area contributed by atoms with Gasteiger partial charge in [-0.1, -0.05) is 91.0 Å². The van der Waals surface area contributed by atoms with E-state index in [0.29, 0.717) is 13.1 Å². The highest BCUT2D eigenvalue weighted by Gasteiger charge is 2.33. The summed E-state index contributed by atoms with van der Waals surface area (Å²) in [5.41, 5.74) is 4.78. The number of carbonyl (C=O) groups is 1. The van der Waals surface area contributed by atoms with Gasteiger partial charge < -0.3 is 4.74 Å². The van der Waals surface area contributed by atoms with Gasteiger partial charge in [-0.15, -0.1) is 0 Å². The highest BCUT2D eigenvalue weighted by Crippen LogP contribution is 2.40. The standard InChI is InChI=1S/C25H23N3O6S.C18H16/c1-17-22(25(29)34-13-12-27(2)16-18-7-4-3-5-8-18)23(19-9-6-10-20(15-19)28(30)31)24-21(26-17)11-14-35(24,32)33;1-3-7-15-13(5-1)9-11-18-16-8-4-2-6-14(16)10-12-17(15)18/h3-11,14-15H,12-13,16H2,1-2H3;1,3,5,7,9-12H,2,4,6,8H2. The quantitative estimate of drug-likeness (QED) is 0.0661. The van der Waals surface area contributed by atoms with Crippen molar-refractivity contribution in [2.24, 2.45) is 0 Å². The van der Waals surface area contributed by atoms with Crippen molar-refractivity contribution >= 4 is 49.1 Å². The number of rotatable bonds is 8. The van der Waals surface area contributed by atoms with Crippen molar-refractivity contribution in [3.05, 3.63) is 152 Å². The molecule has 53 heavy (non-hydrogen) atoms. The number of ether oxygens (including phenoxy) is 1. The van der Waals surface area contributed by atoms with Crippen molar-refractivity contribution in [2.45, 2.75) is 44.0 Å². The van der Waals surface area contributed by atoms with Crippen LogP contribution >= 0.6 is 0 Å². The third-order valence-corrected chi connectivity index (χ3v) is 11.3. The van der Waals surface area contributed by atoms with Gasteiger partial charge in [-0.25, -0.2) is 13.2 Å². The van der Waals surface area contributed by atoms with Crippen molar-refractivity contribution in [1.29, 1.82) is 0 Å². The molecule has 0 saturated carbocycles. The number of hydrogen-bond acceptors (Lipinski definition) is 8. The predicted octanol–water partition coefficient (Wildman–Crippen LogP) is 8.88. The zero-order valence-corrected chi connectivity index (χ0v) is 30.4. The second kappa shape index (κ2) is 15.1. The molecule has 0 atom stereocenters. The molecule has 1 aliphatic heterocycles. The first-order valence-electron chi connectivity index (χ1n) is 17.6. The number of aromatic nitrogens is 1. The minimum Gasteiger partial charge on any atom is -0.461 e. The summed E-state index contributed by atoms with van der Waals surface area (Å²) >= 11 is 0.